The second-order valence-electron chi connectivity index (χ2n) is 4.13. The normalized spacial score (nSPS) is 18.2. The first-order valence-corrected chi connectivity index (χ1v) is 4.99. The molecule has 0 spiro atoms. The lowest BCUT2D eigenvalue weighted by atomic mass is 9.77. The first-order chi connectivity index (χ1) is 7.14. The van der Waals surface area contributed by atoms with Crippen molar-refractivity contribution in [3.8, 4) is 0 Å². The highest BCUT2D eigenvalue weighted by Crippen LogP contribution is 2.28. The van der Waals surface area contributed by atoms with Gasteiger partial charge in [0.05, 0.1) is 5.41 Å². The van der Waals surface area contributed by atoms with Crippen molar-refractivity contribution in [1.82, 2.24) is 10.3 Å². The Labute approximate surface area is 88.3 Å². The van der Waals surface area contributed by atoms with Crippen molar-refractivity contribution in [2.45, 2.75) is 13.3 Å². The molecule has 0 atom stereocenters. The lowest BCUT2D eigenvalue weighted by Gasteiger charge is -2.38. The number of carboxylic acid groups (broad SMARTS) is 1. The third kappa shape index (κ3) is 1.72. The number of aliphatic carboxylic acids is 1. The molecule has 1 aromatic rings. The number of hydrogen-bond donors (Lipinski definition) is 2. The van der Waals surface area contributed by atoms with E-state index in [0.717, 1.165) is 11.3 Å². The average molecular weight is 206 g/mol. The molecule has 2 rings (SSSR count). The zero-order valence-corrected chi connectivity index (χ0v) is 8.66. The van der Waals surface area contributed by atoms with Crippen molar-refractivity contribution in [2.24, 2.45) is 5.41 Å². The van der Waals surface area contributed by atoms with Crippen LogP contribution in [0, 0.1) is 12.3 Å². The summed E-state index contributed by atoms with van der Waals surface area (Å²) in [4.78, 5) is 15.4. The highest BCUT2D eigenvalue weighted by Gasteiger charge is 2.45. The van der Waals surface area contributed by atoms with E-state index in [9.17, 15) is 4.79 Å². The highest BCUT2D eigenvalue weighted by molar-refractivity contribution is 5.77. The standard InChI is InChI=1S/C11H14N2O2/c1-8-3-2-4-13-9(8)5-11(10(14)15)6-12-7-11/h2-4,12H,5-7H2,1H3,(H,14,15). The quantitative estimate of drug-likeness (QED) is 0.760. The van der Waals surface area contributed by atoms with Gasteiger partial charge in [0.25, 0.3) is 0 Å². The van der Waals surface area contributed by atoms with Gasteiger partial charge in [0, 0.05) is 31.4 Å². The smallest absolute Gasteiger partial charge is 0.312 e. The van der Waals surface area contributed by atoms with Crippen LogP contribution in [0.1, 0.15) is 11.3 Å². The van der Waals surface area contributed by atoms with Gasteiger partial charge < -0.3 is 10.4 Å². The summed E-state index contributed by atoms with van der Waals surface area (Å²) in [6.07, 6.45) is 2.23. The van der Waals surface area contributed by atoms with E-state index in [1.165, 1.54) is 0 Å². The predicted octanol–water partition coefficient (Wildman–Crippen LogP) is 0.607. The zero-order chi connectivity index (χ0) is 10.9. The van der Waals surface area contributed by atoms with Crippen LogP contribution < -0.4 is 5.32 Å². The summed E-state index contributed by atoms with van der Waals surface area (Å²) in [5.74, 6) is -0.730. The minimum Gasteiger partial charge on any atom is -0.481 e. The largest absolute Gasteiger partial charge is 0.481 e. The Bertz CT molecular complexity index is 386. The second-order valence-corrected chi connectivity index (χ2v) is 4.13. The Kier molecular flexibility index (Phi) is 2.44. The SMILES string of the molecule is Cc1cccnc1CC1(C(=O)O)CNC1. The number of carbonyl (C=O) groups is 1. The zero-order valence-electron chi connectivity index (χ0n) is 8.66. The number of pyridine rings is 1. The summed E-state index contributed by atoms with van der Waals surface area (Å²) in [5.41, 5.74) is 1.31. The molecule has 1 aliphatic heterocycles. The van der Waals surface area contributed by atoms with E-state index in [4.69, 9.17) is 5.11 Å². The van der Waals surface area contributed by atoms with Crippen molar-refractivity contribution in [1.29, 1.82) is 0 Å². The van der Waals surface area contributed by atoms with Gasteiger partial charge in [-0.2, -0.15) is 0 Å². The summed E-state index contributed by atoms with van der Waals surface area (Å²) < 4.78 is 0. The molecule has 1 aromatic heterocycles. The van der Waals surface area contributed by atoms with Gasteiger partial charge in [0.1, 0.15) is 0 Å². The van der Waals surface area contributed by atoms with E-state index in [1.807, 2.05) is 19.1 Å². The molecule has 1 aliphatic rings. The Morgan fingerprint density at radius 2 is 2.40 bits per heavy atom. The van der Waals surface area contributed by atoms with Gasteiger partial charge in [-0.15, -0.1) is 0 Å². The highest BCUT2D eigenvalue weighted by atomic mass is 16.4. The lowest BCUT2D eigenvalue weighted by Crippen LogP contribution is -2.59. The molecule has 0 unspecified atom stereocenters. The maximum absolute atomic E-state index is 11.2. The summed E-state index contributed by atoms with van der Waals surface area (Å²) in [7, 11) is 0. The molecular weight excluding hydrogens is 192 g/mol. The molecule has 15 heavy (non-hydrogen) atoms. The Morgan fingerprint density at radius 3 is 2.87 bits per heavy atom. The molecule has 0 aromatic carbocycles. The molecule has 0 amide bonds. The van der Waals surface area contributed by atoms with Crippen LogP contribution in [0.5, 0.6) is 0 Å². The van der Waals surface area contributed by atoms with Gasteiger partial charge in [0.2, 0.25) is 0 Å². The Hall–Kier alpha value is -1.42. The molecule has 4 nitrogen and oxygen atoms in total. The van der Waals surface area contributed by atoms with Crippen LogP contribution in [0.25, 0.3) is 0 Å². The minimum atomic E-state index is -0.730. The topological polar surface area (TPSA) is 62.2 Å². The maximum atomic E-state index is 11.2. The van der Waals surface area contributed by atoms with Gasteiger partial charge in [-0.05, 0) is 18.6 Å². The van der Waals surface area contributed by atoms with Crippen molar-refractivity contribution in [3.05, 3.63) is 29.6 Å². The molecule has 80 valence electrons. The van der Waals surface area contributed by atoms with Gasteiger partial charge in [-0.3, -0.25) is 9.78 Å². The maximum Gasteiger partial charge on any atom is 0.312 e. The van der Waals surface area contributed by atoms with E-state index in [1.54, 1.807) is 6.20 Å². The van der Waals surface area contributed by atoms with Crippen LogP contribution in [0.15, 0.2) is 18.3 Å². The predicted molar refractivity (Wildman–Crippen MR) is 55.6 cm³/mol. The molecule has 1 fully saturated rings. The molecule has 2 heterocycles. The van der Waals surface area contributed by atoms with E-state index in [-0.39, 0.29) is 0 Å². The fraction of sp³-hybridized carbons (Fsp3) is 0.455. The van der Waals surface area contributed by atoms with E-state index >= 15 is 0 Å². The Balaban J connectivity index is 2.21. The van der Waals surface area contributed by atoms with Crippen molar-refractivity contribution < 1.29 is 9.90 Å². The summed E-state index contributed by atoms with van der Waals surface area (Å²) in [6, 6.07) is 3.83. The van der Waals surface area contributed by atoms with E-state index in [2.05, 4.69) is 10.3 Å². The molecule has 4 heteroatoms. The number of aromatic nitrogens is 1. The lowest BCUT2D eigenvalue weighted by molar-refractivity contribution is -0.152. The van der Waals surface area contributed by atoms with Crippen LogP contribution in [-0.2, 0) is 11.2 Å². The van der Waals surface area contributed by atoms with Crippen LogP contribution >= 0.6 is 0 Å². The number of hydrogen-bond acceptors (Lipinski definition) is 3. The third-order valence-electron chi connectivity index (χ3n) is 3.00. The van der Waals surface area contributed by atoms with E-state index < -0.39 is 11.4 Å². The number of nitrogens with zero attached hydrogens (tertiary/aromatic N) is 1. The molecule has 0 saturated carbocycles. The number of aryl methyl sites for hydroxylation is 1. The van der Waals surface area contributed by atoms with E-state index in [0.29, 0.717) is 19.5 Å². The number of nitrogens with one attached hydrogen (secondary N) is 1. The molecular formula is C11H14N2O2. The number of rotatable bonds is 3. The third-order valence-corrected chi connectivity index (χ3v) is 3.00. The van der Waals surface area contributed by atoms with Crippen molar-refractivity contribution in [2.75, 3.05) is 13.1 Å². The fourth-order valence-corrected chi connectivity index (χ4v) is 1.80. The summed E-state index contributed by atoms with van der Waals surface area (Å²) >= 11 is 0. The molecule has 1 saturated heterocycles. The van der Waals surface area contributed by atoms with Crippen LogP contribution in [0.2, 0.25) is 0 Å². The fourth-order valence-electron chi connectivity index (χ4n) is 1.80. The van der Waals surface area contributed by atoms with Gasteiger partial charge in [-0.25, -0.2) is 0 Å². The first-order valence-electron chi connectivity index (χ1n) is 4.99. The summed E-state index contributed by atoms with van der Waals surface area (Å²) in [6.45, 7) is 3.04. The van der Waals surface area contributed by atoms with Gasteiger partial charge in [0.15, 0.2) is 0 Å². The molecule has 0 aliphatic carbocycles. The van der Waals surface area contributed by atoms with Gasteiger partial charge >= 0.3 is 5.97 Å². The number of carboxylic acids is 1. The molecule has 2 N–H and O–H groups in total. The minimum absolute atomic E-state index is 0.516. The second kappa shape index (κ2) is 3.62. The molecule has 0 bridgehead atoms. The Morgan fingerprint density at radius 1 is 1.67 bits per heavy atom. The van der Waals surface area contributed by atoms with Crippen LogP contribution in [0.4, 0.5) is 0 Å². The first kappa shape index (κ1) is 10.1. The summed E-state index contributed by atoms with van der Waals surface area (Å²) in [5, 5.41) is 12.2. The van der Waals surface area contributed by atoms with Gasteiger partial charge in [-0.1, -0.05) is 6.07 Å². The van der Waals surface area contributed by atoms with Crippen LogP contribution in [-0.4, -0.2) is 29.1 Å². The average Bonchev–Trinajstić information content (AvgIpc) is 2.13. The van der Waals surface area contributed by atoms with Crippen LogP contribution in [0.3, 0.4) is 0 Å². The van der Waals surface area contributed by atoms with Crippen molar-refractivity contribution in [3.63, 3.8) is 0 Å². The molecule has 0 radical (unpaired) electrons. The van der Waals surface area contributed by atoms with Crippen molar-refractivity contribution >= 4 is 5.97 Å². The monoisotopic (exact) mass is 206 g/mol.